The predicted octanol–water partition coefficient (Wildman–Crippen LogP) is 12.0. The maximum Gasteiger partial charge on any atom is 0.296 e. The zero-order valence-corrected chi connectivity index (χ0v) is 52.0. The van der Waals surface area contributed by atoms with Crippen LogP contribution in [-0.4, -0.2) is 120 Å². The molecule has 5 aromatic carbocycles. The Morgan fingerprint density at radius 1 is 0.670 bits per heavy atom. The molecule has 0 saturated heterocycles. The molecule has 0 aliphatic carbocycles. The summed E-state index contributed by atoms with van der Waals surface area (Å²) in [5.41, 5.74) is 8.00. The Morgan fingerprint density at radius 2 is 1.22 bits per heavy atom. The average Bonchev–Trinajstić information content (AvgIpc) is 1.76. The lowest BCUT2D eigenvalue weighted by atomic mass is 9.92. The molecular weight excluding hydrogens is 1160 g/mol. The minimum atomic E-state index is -0.800. The summed E-state index contributed by atoms with van der Waals surface area (Å²) in [5.74, 6) is -1.21. The zero-order chi connectivity index (χ0) is 64.3. The lowest BCUT2D eigenvalue weighted by Crippen LogP contribution is -2.45. The second-order valence-corrected chi connectivity index (χ2v) is 23.4. The van der Waals surface area contributed by atoms with Gasteiger partial charge >= 0.3 is 0 Å². The Hall–Kier alpha value is -10.2. The van der Waals surface area contributed by atoms with E-state index in [0.29, 0.717) is 114 Å². The zero-order valence-electron chi connectivity index (χ0n) is 52.0. The van der Waals surface area contributed by atoms with Crippen molar-refractivity contribution in [3.05, 3.63) is 161 Å². The minimum absolute atomic E-state index is 0.0925. The van der Waals surface area contributed by atoms with Gasteiger partial charge in [0.25, 0.3) is 23.6 Å². The molecule has 2 N–H and O–H groups in total. The highest BCUT2D eigenvalue weighted by molar-refractivity contribution is 6.15. The van der Waals surface area contributed by atoms with Crippen LogP contribution in [0.3, 0.4) is 0 Å². The molecule has 20 nitrogen and oxygen atoms in total. The van der Waals surface area contributed by atoms with Gasteiger partial charge in [0.1, 0.15) is 5.75 Å². The van der Waals surface area contributed by atoms with Crippen LogP contribution in [0.1, 0.15) is 129 Å². The number of amides is 6. The summed E-state index contributed by atoms with van der Waals surface area (Å²) in [6.07, 6.45) is 14.4. The van der Waals surface area contributed by atoms with Crippen molar-refractivity contribution in [2.24, 2.45) is 21.8 Å². The van der Waals surface area contributed by atoms with Crippen LogP contribution in [0.15, 0.2) is 131 Å². The van der Waals surface area contributed by atoms with Gasteiger partial charge in [0, 0.05) is 80.8 Å². The molecule has 10 rings (SSSR count). The predicted molar refractivity (Wildman–Crippen MR) is 345 cm³/mol. The number of nitrogens with one attached hydrogen (secondary N) is 2. The molecule has 20 heteroatoms. The summed E-state index contributed by atoms with van der Waals surface area (Å²) in [4.78, 5) is 111. The SMILES string of the molecule is [C-]#[N+]c1ccc(OC2=CC(=O)N(CCCCCC(=O)N[C@@H](C(=O)C[C@H](C)C(=O)Nc3ccc(C4=CN5C(=O)c6cc(OC)c(OCCCCCOc7cc8c(cc7OC)C(=O)N7C=C(c9ccc(CC)cc9)C[C@H]7C=N8)cc6N=C[C@@H]5C4)cc3)C(C)C)C2=O)cc1. The number of nitrogens with zero attached hydrogens (tertiary/aromatic N) is 6. The number of benzene rings is 5. The lowest BCUT2D eigenvalue weighted by Gasteiger charge is -2.23. The molecule has 0 spiro atoms. The van der Waals surface area contributed by atoms with Crippen molar-refractivity contribution in [1.29, 1.82) is 0 Å². The van der Waals surface area contributed by atoms with Gasteiger partial charge in [-0.25, -0.2) is 4.85 Å². The second kappa shape index (κ2) is 29.0. The van der Waals surface area contributed by atoms with E-state index in [1.807, 2.05) is 44.6 Å². The highest BCUT2D eigenvalue weighted by Gasteiger charge is 2.37. The van der Waals surface area contributed by atoms with E-state index in [0.717, 1.165) is 52.5 Å². The minimum Gasteiger partial charge on any atom is -0.493 e. The first kappa shape index (κ1) is 63.8. The molecule has 5 aromatic rings. The van der Waals surface area contributed by atoms with E-state index in [-0.39, 0.29) is 72.6 Å². The van der Waals surface area contributed by atoms with Crippen LogP contribution < -0.4 is 34.3 Å². The fraction of sp³-hybridized carbons (Fsp3) is 0.352. The Kier molecular flexibility index (Phi) is 20.3. The van der Waals surface area contributed by atoms with Gasteiger partial charge in [-0.15, -0.1) is 0 Å². The molecule has 5 aliphatic rings. The van der Waals surface area contributed by atoms with E-state index in [1.54, 1.807) is 90.7 Å². The van der Waals surface area contributed by atoms with Crippen LogP contribution in [0.25, 0.3) is 16.0 Å². The van der Waals surface area contributed by atoms with Gasteiger partial charge in [0.2, 0.25) is 11.8 Å². The lowest BCUT2D eigenvalue weighted by molar-refractivity contribution is -0.138. The summed E-state index contributed by atoms with van der Waals surface area (Å²) >= 11 is 0. The van der Waals surface area contributed by atoms with E-state index < -0.39 is 23.8 Å². The third-order valence-electron chi connectivity index (χ3n) is 16.7. The Balaban J connectivity index is 0.640. The standard InChI is InChI=1S/C71H74N8O12/c1-8-45-16-18-46(19-17-45)48-32-52-39-73-57-36-62(60(87-6)34-55(57)69(84)78(52)41-48)89-29-13-10-14-30-90-63-37-58-56(35-61(63)88-7)70(85)79-42-49(33-53(79)40-74-58)47-20-22-51(23-21-47)75-68(83)44(4)31-59(80)67(43(2)3)76-65(81)15-11-9-12-28-77-66(82)38-64(71(77)86)91-54-26-24-50(72-5)25-27-54/h16-27,34-44,52-53,67H,8-15,28-33H2,1-4,6-7H3,(H,75,83)(H,76,81)/t44-,52-,53-,67+/m0/s1. The Labute approximate surface area is 529 Å². The first-order valence-electron chi connectivity index (χ1n) is 30.9. The number of Topliss-reactive ketones (excluding diaryl/α,β-unsaturated/α-hetero) is 1. The smallest absolute Gasteiger partial charge is 0.296 e. The van der Waals surface area contributed by atoms with Crippen molar-refractivity contribution in [3.8, 4) is 28.7 Å². The van der Waals surface area contributed by atoms with Crippen LogP contribution >= 0.6 is 0 Å². The highest BCUT2D eigenvalue weighted by Crippen LogP contribution is 2.42. The summed E-state index contributed by atoms with van der Waals surface area (Å²) in [5, 5.41) is 5.76. The number of carbonyl (C=O) groups excluding carboxylic acids is 7. The number of ether oxygens (including phenoxy) is 5. The van der Waals surface area contributed by atoms with Crippen LogP contribution in [0.5, 0.6) is 28.7 Å². The number of aryl methyl sites for hydroxylation is 1. The molecule has 0 aromatic heterocycles. The van der Waals surface area contributed by atoms with Gasteiger partial charge in [0.05, 0.1) is 80.7 Å². The van der Waals surface area contributed by atoms with Crippen molar-refractivity contribution in [3.63, 3.8) is 0 Å². The normalized spacial score (nSPS) is 16.9. The van der Waals surface area contributed by atoms with Gasteiger partial charge in [-0.05, 0) is 109 Å². The van der Waals surface area contributed by atoms with Gasteiger partial charge in [-0.2, -0.15) is 0 Å². The van der Waals surface area contributed by atoms with Crippen LogP contribution in [0, 0.1) is 18.4 Å². The third kappa shape index (κ3) is 15.0. The molecule has 0 bridgehead atoms. The number of hydrogen-bond acceptors (Lipinski definition) is 14. The molecule has 6 amide bonds. The highest BCUT2D eigenvalue weighted by atomic mass is 16.5. The molecule has 470 valence electrons. The molecule has 0 radical (unpaired) electrons. The quantitative estimate of drug-likeness (QED) is 0.0271. The van der Waals surface area contributed by atoms with Gasteiger partial charge in [-0.1, -0.05) is 82.6 Å². The molecule has 0 fully saturated rings. The fourth-order valence-electron chi connectivity index (χ4n) is 11.5. The maximum atomic E-state index is 14.2. The van der Waals surface area contributed by atoms with Crippen LogP contribution in [-0.2, 0) is 30.4 Å². The molecule has 0 unspecified atom stereocenters. The second-order valence-electron chi connectivity index (χ2n) is 23.4. The van der Waals surface area contributed by atoms with Crippen LogP contribution in [0.4, 0.5) is 22.7 Å². The monoisotopic (exact) mass is 1230 g/mol. The molecule has 0 saturated carbocycles. The summed E-state index contributed by atoms with van der Waals surface area (Å²) in [7, 11) is 3.08. The van der Waals surface area contributed by atoms with Crippen molar-refractivity contribution >= 4 is 87.6 Å². The van der Waals surface area contributed by atoms with Crippen molar-refractivity contribution in [2.45, 2.75) is 116 Å². The number of carbonyl (C=O) groups is 7. The number of imide groups is 1. The molecule has 5 aliphatic heterocycles. The van der Waals surface area contributed by atoms with Crippen molar-refractivity contribution in [1.82, 2.24) is 20.0 Å². The van der Waals surface area contributed by atoms with Crippen molar-refractivity contribution < 1.29 is 57.2 Å². The van der Waals surface area contributed by atoms with E-state index >= 15 is 0 Å². The number of fused-ring (bicyclic) bond motifs is 4. The first-order valence-corrected chi connectivity index (χ1v) is 30.9. The average molecular weight is 1230 g/mol. The third-order valence-corrected chi connectivity index (χ3v) is 16.7. The summed E-state index contributed by atoms with van der Waals surface area (Å²) < 4.78 is 29.4. The number of unbranched alkanes of at least 4 members (excludes halogenated alkanes) is 4. The summed E-state index contributed by atoms with van der Waals surface area (Å²) in [6, 6.07) is 27.5. The number of ketones is 1. The number of hydrogen-bond donors (Lipinski definition) is 2. The molecule has 4 atom stereocenters. The maximum absolute atomic E-state index is 14.2. The molecule has 91 heavy (non-hydrogen) atoms. The number of methoxy groups -OCH3 is 2. The van der Waals surface area contributed by atoms with Gasteiger partial charge in [-0.3, -0.25) is 48.4 Å². The largest absolute Gasteiger partial charge is 0.493 e. The fourth-order valence-corrected chi connectivity index (χ4v) is 11.5. The molecule has 5 heterocycles. The first-order chi connectivity index (χ1) is 44.0. The van der Waals surface area contributed by atoms with Gasteiger partial charge < -0.3 is 44.1 Å². The van der Waals surface area contributed by atoms with E-state index in [9.17, 15) is 33.6 Å². The van der Waals surface area contributed by atoms with E-state index in [4.69, 9.17) is 40.2 Å². The summed E-state index contributed by atoms with van der Waals surface area (Å²) in [6.45, 7) is 15.5. The van der Waals surface area contributed by atoms with E-state index in [1.165, 1.54) is 12.7 Å². The van der Waals surface area contributed by atoms with Crippen molar-refractivity contribution in [2.75, 3.05) is 39.3 Å². The number of aliphatic imine (C=N–C) groups is 2. The molecular formula is C71H74N8O12. The topological polar surface area (TPSA) is 228 Å². The Bertz CT molecular complexity index is 3820. The van der Waals surface area contributed by atoms with Crippen LogP contribution in [0.2, 0.25) is 0 Å². The number of rotatable bonds is 28. The van der Waals surface area contributed by atoms with E-state index in [2.05, 4.69) is 46.7 Å². The number of anilines is 1. The Morgan fingerprint density at radius 3 is 1.75 bits per heavy atom. The van der Waals surface area contributed by atoms with Gasteiger partial charge in [0.15, 0.2) is 40.2 Å².